The van der Waals surface area contributed by atoms with Crippen molar-refractivity contribution < 1.29 is 4.57 Å². The average Bonchev–Trinajstić information content (AvgIpc) is 2.39. The van der Waals surface area contributed by atoms with Crippen LogP contribution in [0.25, 0.3) is 0 Å². The zero-order chi connectivity index (χ0) is 8.27. The maximum absolute atomic E-state index is 3.79. The third-order valence-corrected chi connectivity index (χ3v) is 1.86. The number of aryl methyl sites for hydroxylation is 1. The van der Waals surface area contributed by atoms with Crippen molar-refractivity contribution >= 4 is 0 Å². The molecule has 1 aromatic rings. The van der Waals surface area contributed by atoms with E-state index in [-0.39, 0.29) is 0 Å². The Morgan fingerprint density at radius 2 is 2.45 bits per heavy atom. The van der Waals surface area contributed by atoms with E-state index in [0.717, 1.165) is 6.42 Å². The van der Waals surface area contributed by atoms with E-state index in [1.807, 2.05) is 23.9 Å². The van der Waals surface area contributed by atoms with E-state index in [1.165, 1.54) is 0 Å². The predicted octanol–water partition coefficient (Wildman–Crippen LogP) is 1.45. The Balaban J connectivity index is 2.81. The van der Waals surface area contributed by atoms with Gasteiger partial charge in [0.25, 0.3) is 0 Å². The molecule has 0 fully saturated rings. The van der Waals surface area contributed by atoms with Crippen molar-refractivity contribution in [2.24, 2.45) is 7.05 Å². The van der Waals surface area contributed by atoms with Crippen LogP contribution in [0, 0.1) is 0 Å². The van der Waals surface area contributed by atoms with E-state index in [0.29, 0.717) is 6.04 Å². The van der Waals surface area contributed by atoms with Crippen LogP contribution in [-0.2, 0) is 7.05 Å². The summed E-state index contributed by atoms with van der Waals surface area (Å²) in [6, 6.07) is 0.441. The molecule has 2 nitrogen and oxygen atoms in total. The van der Waals surface area contributed by atoms with Gasteiger partial charge >= 0.3 is 0 Å². The number of hydrogen-bond acceptors (Lipinski definition) is 0. The molecule has 1 aromatic heterocycles. The molecule has 11 heavy (non-hydrogen) atoms. The van der Waals surface area contributed by atoms with E-state index in [2.05, 4.69) is 30.6 Å². The maximum Gasteiger partial charge on any atom is 0.244 e. The molecule has 0 aliphatic heterocycles. The molecule has 0 saturated heterocycles. The quantitative estimate of drug-likeness (QED) is 0.456. The molecular formula is C9H15N2+. The first-order chi connectivity index (χ1) is 5.27. The summed E-state index contributed by atoms with van der Waals surface area (Å²) in [6.45, 7) is 5.95. The van der Waals surface area contributed by atoms with Crippen molar-refractivity contribution in [2.45, 2.75) is 19.4 Å². The fourth-order valence-corrected chi connectivity index (χ4v) is 1.16. The molecule has 0 amide bonds. The Morgan fingerprint density at radius 1 is 1.73 bits per heavy atom. The summed E-state index contributed by atoms with van der Waals surface area (Å²) in [4.78, 5) is 0. The summed E-state index contributed by atoms with van der Waals surface area (Å²) in [5, 5.41) is 0. The van der Waals surface area contributed by atoms with Crippen LogP contribution in [0.2, 0.25) is 0 Å². The van der Waals surface area contributed by atoms with Crippen LogP contribution in [0.5, 0.6) is 0 Å². The van der Waals surface area contributed by atoms with Gasteiger partial charge in [0.2, 0.25) is 6.33 Å². The van der Waals surface area contributed by atoms with Crippen molar-refractivity contribution in [3.05, 3.63) is 31.4 Å². The smallest absolute Gasteiger partial charge is 0.240 e. The van der Waals surface area contributed by atoms with Crippen LogP contribution in [0.15, 0.2) is 31.4 Å². The van der Waals surface area contributed by atoms with E-state index in [1.54, 1.807) is 0 Å². The fourth-order valence-electron chi connectivity index (χ4n) is 1.16. The van der Waals surface area contributed by atoms with Crippen LogP contribution >= 0.6 is 0 Å². The molecular weight excluding hydrogens is 136 g/mol. The van der Waals surface area contributed by atoms with Gasteiger partial charge in [-0.2, -0.15) is 0 Å². The molecule has 0 radical (unpaired) electrons. The second-order valence-electron chi connectivity index (χ2n) is 2.74. The van der Waals surface area contributed by atoms with Gasteiger partial charge in [-0.15, -0.1) is 0 Å². The second-order valence-corrected chi connectivity index (χ2v) is 2.74. The number of hydrogen-bond donors (Lipinski definition) is 0. The SMILES string of the molecule is C=CC(CC)n1cc[n+](C)c1. The molecule has 1 unspecified atom stereocenters. The molecule has 0 saturated carbocycles. The first kappa shape index (κ1) is 8.05. The first-order valence-corrected chi connectivity index (χ1v) is 3.93. The van der Waals surface area contributed by atoms with Gasteiger partial charge in [-0.1, -0.05) is 13.5 Å². The molecule has 1 rings (SSSR count). The van der Waals surface area contributed by atoms with Gasteiger partial charge in [-0.25, -0.2) is 9.13 Å². The summed E-state index contributed by atoms with van der Waals surface area (Å²) in [5.74, 6) is 0. The average molecular weight is 151 g/mol. The monoisotopic (exact) mass is 151 g/mol. The molecule has 1 heterocycles. The zero-order valence-corrected chi connectivity index (χ0v) is 7.20. The lowest BCUT2D eigenvalue weighted by atomic mass is 10.2. The third-order valence-electron chi connectivity index (χ3n) is 1.86. The van der Waals surface area contributed by atoms with Gasteiger partial charge in [0.1, 0.15) is 18.4 Å². The van der Waals surface area contributed by atoms with Crippen LogP contribution in [0.4, 0.5) is 0 Å². The number of aromatic nitrogens is 2. The molecule has 60 valence electrons. The van der Waals surface area contributed by atoms with E-state index in [4.69, 9.17) is 0 Å². The largest absolute Gasteiger partial charge is 0.244 e. The molecule has 0 aliphatic carbocycles. The minimum atomic E-state index is 0.441. The standard InChI is InChI=1S/C9H15N2/c1-4-9(5-2)11-7-6-10(3)8-11/h4,6-9H,1,5H2,2-3H3/q+1. The normalized spacial score (nSPS) is 12.9. The lowest BCUT2D eigenvalue weighted by molar-refractivity contribution is -0.671. The minimum absolute atomic E-state index is 0.441. The highest BCUT2D eigenvalue weighted by atomic mass is 15.1. The molecule has 0 aliphatic rings. The van der Waals surface area contributed by atoms with E-state index in [9.17, 15) is 0 Å². The second kappa shape index (κ2) is 3.37. The molecule has 0 bridgehead atoms. The van der Waals surface area contributed by atoms with Crippen molar-refractivity contribution in [3.8, 4) is 0 Å². The topological polar surface area (TPSA) is 8.81 Å². The first-order valence-electron chi connectivity index (χ1n) is 3.93. The Morgan fingerprint density at radius 3 is 2.82 bits per heavy atom. The van der Waals surface area contributed by atoms with Crippen LogP contribution in [0.3, 0.4) is 0 Å². The molecule has 2 heteroatoms. The Hall–Kier alpha value is -1.05. The fraction of sp³-hybridized carbons (Fsp3) is 0.444. The van der Waals surface area contributed by atoms with Gasteiger partial charge in [-0.05, 0) is 12.5 Å². The van der Waals surface area contributed by atoms with Crippen molar-refractivity contribution in [2.75, 3.05) is 0 Å². The molecule has 0 spiro atoms. The summed E-state index contributed by atoms with van der Waals surface area (Å²) >= 11 is 0. The van der Waals surface area contributed by atoms with E-state index >= 15 is 0 Å². The Labute approximate surface area is 67.8 Å². The number of imidazole rings is 1. The molecule has 0 N–H and O–H groups in total. The van der Waals surface area contributed by atoms with Crippen molar-refractivity contribution in [3.63, 3.8) is 0 Å². The summed E-state index contributed by atoms with van der Waals surface area (Å²) < 4.78 is 4.19. The Kier molecular flexibility index (Phi) is 2.47. The van der Waals surface area contributed by atoms with Gasteiger partial charge in [-0.3, -0.25) is 0 Å². The van der Waals surface area contributed by atoms with Gasteiger partial charge in [0.05, 0.1) is 7.05 Å². The predicted molar refractivity (Wildman–Crippen MR) is 45.1 cm³/mol. The van der Waals surface area contributed by atoms with Gasteiger partial charge in [0.15, 0.2) is 0 Å². The maximum atomic E-state index is 3.79. The minimum Gasteiger partial charge on any atom is -0.240 e. The third kappa shape index (κ3) is 1.70. The molecule has 0 aromatic carbocycles. The lowest BCUT2D eigenvalue weighted by Gasteiger charge is -2.03. The highest BCUT2D eigenvalue weighted by Gasteiger charge is 2.08. The highest BCUT2D eigenvalue weighted by molar-refractivity contribution is 4.86. The number of allylic oxidation sites excluding steroid dienone is 1. The van der Waals surface area contributed by atoms with E-state index < -0.39 is 0 Å². The summed E-state index contributed by atoms with van der Waals surface area (Å²) in [5.41, 5.74) is 0. The van der Waals surface area contributed by atoms with Crippen LogP contribution < -0.4 is 4.57 Å². The van der Waals surface area contributed by atoms with Crippen LogP contribution in [0.1, 0.15) is 19.4 Å². The highest BCUT2D eigenvalue weighted by Crippen LogP contribution is 2.09. The van der Waals surface area contributed by atoms with Crippen molar-refractivity contribution in [1.82, 2.24) is 4.57 Å². The summed E-state index contributed by atoms with van der Waals surface area (Å²) in [7, 11) is 2.02. The lowest BCUT2D eigenvalue weighted by Crippen LogP contribution is -2.24. The van der Waals surface area contributed by atoms with Crippen LogP contribution in [-0.4, -0.2) is 4.57 Å². The zero-order valence-electron chi connectivity index (χ0n) is 7.20. The van der Waals surface area contributed by atoms with Gasteiger partial charge < -0.3 is 0 Å². The van der Waals surface area contributed by atoms with Gasteiger partial charge in [0, 0.05) is 0 Å². The Bertz CT molecular complexity index is 237. The van der Waals surface area contributed by atoms with Crippen molar-refractivity contribution in [1.29, 1.82) is 0 Å². The summed E-state index contributed by atoms with van der Waals surface area (Å²) in [6.07, 6.45) is 9.23. The molecule has 1 atom stereocenters. The number of nitrogens with zero attached hydrogens (tertiary/aromatic N) is 2. The number of rotatable bonds is 3.